The molecule has 2 aliphatic heterocycles. The highest BCUT2D eigenvalue weighted by atomic mass is 32.2. The number of rotatable bonds is 4. The fraction of sp³-hybridized carbons (Fsp3) is 0.550. The van der Waals surface area contributed by atoms with Crippen LogP contribution in [0.25, 0.3) is 0 Å². The van der Waals surface area contributed by atoms with E-state index >= 15 is 0 Å². The van der Waals surface area contributed by atoms with Gasteiger partial charge in [-0.05, 0) is 45.4 Å². The van der Waals surface area contributed by atoms with Crippen LogP contribution in [0.4, 0.5) is 14.9 Å². The summed E-state index contributed by atoms with van der Waals surface area (Å²) in [7, 11) is -3.21. The zero-order valence-corrected chi connectivity index (χ0v) is 19.5. The molecule has 0 unspecified atom stereocenters. The van der Waals surface area contributed by atoms with Gasteiger partial charge in [-0.25, -0.2) is 17.6 Å². The summed E-state index contributed by atoms with van der Waals surface area (Å²) in [4.78, 5) is 29.9. The predicted octanol–water partition coefficient (Wildman–Crippen LogP) is 2.65. The van der Waals surface area contributed by atoms with Gasteiger partial charge in [0.2, 0.25) is 5.91 Å². The number of carbonyl (C=O) groups is 2. The third-order valence-electron chi connectivity index (χ3n) is 4.73. The first-order chi connectivity index (χ1) is 14.3. The maximum atomic E-state index is 14.2. The van der Waals surface area contributed by atoms with Gasteiger partial charge in [-0.2, -0.15) is 4.99 Å². The zero-order valence-electron chi connectivity index (χ0n) is 17.8. The summed E-state index contributed by atoms with van der Waals surface area (Å²) in [5.41, 5.74) is 0.282. The van der Waals surface area contributed by atoms with Gasteiger partial charge in [0.25, 0.3) is 0 Å². The van der Waals surface area contributed by atoms with Crippen molar-refractivity contribution in [2.75, 3.05) is 23.0 Å². The molecule has 0 saturated carbocycles. The Labute approximate surface area is 185 Å². The maximum absolute atomic E-state index is 14.2. The lowest BCUT2D eigenvalue weighted by molar-refractivity contribution is -0.117. The second-order valence-corrected chi connectivity index (χ2v) is 11.9. The van der Waals surface area contributed by atoms with Gasteiger partial charge in [-0.1, -0.05) is 17.8 Å². The van der Waals surface area contributed by atoms with Gasteiger partial charge >= 0.3 is 6.09 Å². The van der Waals surface area contributed by atoms with Crippen molar-refractivity contribution in [2.24, 2.45) is 4.99 Å². The number of nitrogens with one attached hydrogen (secondary N) is 1. The zero-order chi connectivity index (χ0) is 23.0. The summed E-state index contributed by atoms with van der Waals surface area (Å²) in [6, 6.07) is 4.21. The lowest BCUT2D eigenvalue weighted by Gasteiger charge is -2.24. The smallest absolute Gasteiger partial charge is 0.407 e. The number of hydrogen-bond acceptors (Lipinski definition) is 6. The number of fused-ring (bicyclic) bond motifs is 1. The van der Waals surface area contributed by atoms with E-state index in [9.17, 15) is 22.4 Å². The van der Waals surface area contributed by atoms with Gasteiger partial charge in [0.1, 0.15) is 11.4 Å². The normalized spacial score (nSPS) is 23.6. The van der Waals surface area contributed by atoms with Gasteiger partial charge in [0.15, 0.2) is 15.0 Å². The number of benzene rings is 1. The summed E-state index contributed by atoms with van der Waals surface area (Å²) in [5.74, 6) is -0.980. The Balaban J connectivity index is 1.74. The molecule has 1 aromatic carbocycles. The lowest BCUT2D eigenvalue weighted by atomic mass is 10.1. The second-order valence-electron chi connectivity index (χ2n) is 8.57. The number of thioether (sulfide) groups is 1. The highest BCUT2D eigenvalue weighted by molar-refractivity contribution is 8.16. The van der Waals surface area contributed by atoms with E-state index in [1.807, 2.05) is 0 Å². The monoisotopic (exact) mass is 471 g/mol. The summed E-state index contributed by atoms with van der Waals surface area (Å²) in [5, 5.41) is 2.57. The average molecular weight is 472 g/mol. The van der Waals surface area contributed by atoms with E-state index in [1.54, 1.807) is 44.7 Å². The van der Waals surface area contributed by atoms with Crippen molar-refractivity contribution >= 4 is 44.5 Å². The molecule has 31 heavy (non-hydrogen) atoms. The van der Waals surface area contributed by atoms with Crippen LogP contribution in [-0.4, -0.2) is 60.5 Å². The predicted molar refractivity (Wildman–Crippen MR) is 119 cm³/mol. The van der Waals surface area contributed by atoms with E-state index < -0.39 is 39.3 Å². The first-order valence-corrected chi connectivity index (χ1v) is 12.6. The summed E-state index contributed by atoms with van der Waals surface area (Å²) >= 11 is 1.21. The molecule has 2 atom stereocenters. The number of alkyl carbamates (subject to hydrolysis) is 1. The van der Waals surface area contributed by atoms with Gasteiger partial charge in [-0.15, -0.1) is 0 Å². The highest BCUT2D eigenvalue weighted by Crippen LogP contribution is 2.41. The fourth-order valence-electron chi connectivity index (χ4n) is 3.35. The number of amidine groups is 1. The SMILES string of the molecule is Cc1ccc(N2C(=NC(=O)CCNC(=O)OC(C)(C)C)S[C@H]3CS(=O)(=O)C[C@H]32)cc1F. The fourth-order valence-corrected chi connectivity index (χ4v) is 7.28. The molecule has 2 heterocycles. The minimum Gasteiger partial charge on any atom is -0.444 e. The molecule has 11 heteroatoms. The molecule has 0 radical (unpaired) electrons. The van der Waals surface area contributed by atoms with Gasteiger partial charge in [-0.3, -0.25) is 4.79 Å². The molecule has 1 aromatic rings. The average Bonchev–Trinajstić information content (AvgIpc) is 3.06. The standard InChI is InChI=1S/C20H26FN3O5S2/c1-12-5-6-13(9-14(12)21)24-15-10-31(27,28)11-16(15)30-18(24)23-17(25)7-8-22-19(26)29-20(2,3)4/h5-6,9,15-16H,7-8,10-11H2,1-4H3,(H,22,26)/t15-,16+/m1/s1. The number of aryl methyl sites for hydroxylation is 1. The van der Waals surface area contributed by atoms with Crippen LogP contribution < -0.4 is 10.2 Å². The molecule has 0 aliphatic carbocycles. The third kappa shape index (κ3) is 5.97. The van der Waals surface area contributed by atoms with Gasteiger partial charge in [0, 0.05) is 23.9 Å². The third-order valence-corrected chi connectivity index (χ3v) is 7.94. The van der Waals surface area contributed by atoms with E-state index in [-0.39, 0.29) is 29.7 Å². The molecule has 0 bridgehead atoms. The molecular formula is C20H26FN3O5S2. The topological polar surface area (TPSA) is 105 Å². The van der Waals surface area contributed by atoms with Crippen molar-refractivity contribution in [3.8, 4) is 0 Å². The lowest BCUT2D eigenvalue weighted by Crippen LogP contribution is -2.38. The van der Waals surface area contributed by atoms with E-state index in [2.05, 4.69) is 10.3 Å². The maximum Gasteiger partial charge on any atom is 0.407 e. The quantitative estimate of drug-likeness (QED) is 0.720. The summed E-state index contributed by atoms with van der Waals surface area (Å²) in [6.07, 6.45) is -0.674. The Morgan fingerprint density at radius 1 is 1.32 bits per heavy atom. The second kappa shape index (κ2) is 8.78. The molecule has 2 saturated heterocycles. The highest BCUT2D eigenvalue weighted by Gasteiger charge is 2.49. The number of amides is 2. The van der Waals surface area contributed by atoms with Crippen molar-refractivity contribution in [3.63, 3.8) is 0 Å². The number of halogens is 1. The Morgan fingerprint density at radius 2 is 2.03 bits per heavy atom. The minimum absolute atomic E-state index is 0.0133. The summed E-state index contributed by atoms with van der Waals surface area (Å²) in [6.45, 7) is 6.90. The van der Waals surface area contributed by atoms with Crippen LogP contribution in [0.1, 0.15) is 32.8 Å². The van der Waals surface area contributed by atoms with Crippen molar-refractivity contribution in [1.82, 2.24) is 5.32 Å². The largest absolute Gasteiger partial charge is 0.444 e. The number of sulfone groups is 1. The van der Waals surface area contributed by atoms with Crippen LogP contribution in [0.3, 0.4) is 0 Å². The van der Waals surface area contributed by atoms with Crippen LogP contribution in [-0.2, 0) is 19.4 Å². The van der Waals surface area contributed by atoms with Crippen molar-refractivity contribution in [3.05, 3.63) is 29.6 Å². The first kappa shape index (κ1) is 23.5. The number of ether oxygens (including phenoxy) is 1. The number of hydrogen-bond donors (Lipinski definition) is 1. The number of anilines is 1. The first-order valence-electron chi connectivity index (χ1n) is 9.85. The number of carbonyl (C=O) groups excluding carboxylic acids is 2. The van der Waals surface area contributed by atoms with E-state index in [0.717, 1.165) is 0 Å². The molecule has 170 valence electrons. The molecular weight excluding hydrogens is 445 g/mol. The molecule has 2 fully saturated rings. The van der Waals surface area contributed by atoms with E-state index in [1.165, 1.54) is 17.8 Å². The van der Waals surface area contributed by atoms with Crippen molar-refractivity contribution in [2.45, 2.75) is 51.0 Å². The van der Waals surface area contributed by atoms with Crippen molar-refractivity contribution < 1.29 is 27.1 Å². The van der Waals surface area contributed by atoms with Crippen LogP contribution >= 0.6 is 11.8 Å². The minimum atomic E-state index is -3.21. The molecule has 1 N–H and O–H groups in total. The van der Waals surface area contributed by atoms with Crippen LogP contribution in [0.15, 0.2) is 23.2 Å². The van der Waals surface area contributed by atoms with E-state index in [4.69, 9.17) is 4.74 Å². The van der Waals surface area contributed by atoms with Gasteiger partial charge in [0.05, 0.1) is 17.5 Å². The molecule has 8 nitrogen and oxygen atoms in total. The van der Waals surface area contributed by atoms with Crippen LogP contribution in [0.5, 0.6) is 0 Å². The van der Waals surface area contributed by atoms with Crippen molar-refractivity contribution in [1.29, 1.82) is 0 Å². The van der Waals surface area contributed by atoms with Crippen LogP contribution in [0, 0.1) is 12.7 Å². The molecule has 2 amide bonds. The molecule has 2 aliphatic rings. The summed E-state index contributed by atoms with van der Waals surface area (Å²) < 4.78 is 43.5. The number of nitrogens with zero attached hydrogens (tertiary/aromatic N) is 2. The van der Waals surface area contributed by atoms with Crippen LogP contribution in [0.2, 0.25) is 0 Å². The molecule has 0 spiro atoms. The Bertz CT molecular complexity index is 1020. The number of aliphatic imine (C=N–C) groups is 1. The Hall–Kier alpha value is -2.14. The van der Waals surface area contributed by atoms with Gasteiger partial charge < -0.3 is 15.0 Å². The molecule has 0 aromatic heterocycles. The molecule has 3 rings (SSSR count). The Morgan fingerprint density at radius 3 is 2.68 bits per heavy atom. The van der Waals surface area contributed by atoms with E-state index in [0.29, 0.717) is 16.4 Å². The Kier molecular flexibility index (Phi) is 6.66.